The smallest absolute Gasteiger partial charge is 0.0421 e. The number of aromatic nitrogens is 1. The zero-order valence-electron chi connectivity index (χ0n) is 12.6. The van der Waals surface area contributed by atoms with Crippen molar-refractivity contribution in [3.63, 3.8) is 0 Å². The number of anilines is 1. The van der Waals surface area contributed by atoms with Crippen LogP contribution in [0, 0.1) is 0 Å². The average Bonchev–Trinajstić information content (AvgIpc) is 2.52. The summed E-state index contributed by atoms with van der Waals surface area (Å²) in [5, 5.41) is 3.40. The van der Waals surface area contributed by atoms with Crippen molar-refractivity contribution in [3.8, 4) is 0 Å². The SMILES string of the molecule is CCNCc1ccc(Br)cc1N(C)CCc1ccccn1. The summed E-state index contributed by atoms with van der Waals surface area (Å²) in [6, 6.07) is 12.5. The highest BCUT2D eigenvalue weighted by molar-refractivity contribution is 9.10. The average molecular weight is 348 g/mol. The fourth-order valence-corrected chi connectivity index (χ4v) is 2.60. The summed E-state index contributed by atoms with van der Waals surface area (Å²) in [4.78, 5) is 6.68. The summed E-state index contributed by atoms with van der Waals surface area (Å²) < 4.78 is 1.11. The van der Waals surface area contributed by atoms with Crippen molar-refractivity contribution in [3.05, 3.63) is 58.3 Å². The second kappa shape index (κ2) is 8.15. The summed E-state index contributed by atoms with van der Waals surface area (Å²) in [5.41, 5.74) is 3.72. The number of pyridine rings is 1. The van der Waals surface area contributed by atoms with Gasteiger partial charge < -0.3 is 10.2 Å². The van der Waals surface area contributed by atoms with Crippen LogP contribution in [-0.2, 0) is 13.0 Å². The number of halogens is 1. The van der Waals surface area contributed by atoms with Gasteiger partial charge >= 0.3 is 0 Å². The predicted octanol–water partition coefficient (Wildman–Crippen LogP) is 3.63. The number of rotatable bonds is 7. The first-order chi connectivity index (χ1) is 10.2. The first-order valence-corrected chi connectivity index (χ1v) is 8.10. The number of nitrogens with one attached hydrogen (secondary N) is 1. The third-order valence-electron chi connectivity index (χ3n) is 3.45. The fourth-order valence-electron chi connectivity index (χ4n) is 2.25. The molecule has 1 aromatic heterocycles. The van der Waals surface area contributed by atoms with Gasteiger partial charge in [0.15, 0.2) is 0 Å². The van der Waals surface area contributed by atoms with E-state index in [0.29, 0.717) is 0 Å². The molecule has 21 heavy (non-hydrogen) atoms. The van der Waals surface area contributed by atoms with E-state index >= 15 is 0 Å². The summed E-state index contributed by atoms with van der Waals surface area (Å²) in [7, 11) is 2.14. The van der Waals surface area contributed by atoms with E-state index in [9.17, 15) is 0 Å². The second-order valence-corrected chi connectivity index (χ2v) is 5.96. The Balaban J connectivity index is 2.06. The maximum atomic E-state index is 4.39. The number of hydrogen-bond donors (Lipinski definition) is 1. The van der Waals surface area contributed by atoms with Crippen LogP contribution in [0.15, 0.2) is 47.1 Å². The minimum atomic E-state index is 0.896. The molecule has 0 bridgehead atoms. The van der Waals surface area contributed by atoms with E-state index in [-0.39, 0.29) is 0 Å². The van der Waals surface area contributed by atoms with Gasteiger partial charge in [-0.15, -0.1) is 0 Å². The first-order valence-electron chi connectivity index (χ1n) is 7.31. The van der Waals surface area contributed by atoms with Crippen LogP contribution in [0.1, 0.15) is 18.2 Å². The summed E-state index contributed by atoms with van der Waals surface area (Å²) in [6.07, 6.45) is 2.80. The Hall–Kier alpha value is -1.39. The van der Waals surface area contributed by atoms with Crippen molar-refractivity contribution in [1.29, 1.82) is 0 Å². The molecule has 1 heterocycles. The van der Waals surface area contributed by atoms with Crippen molar-refractivity contribution < 1.29 is 0 Å². The zero-order chi connectivity index (χ0) is 15.1. The topological polar surface area (TPSA) is 28.2 Å². The highest BCUT2D eigenvalue weighted by Crippen LogP contribution is 2.24. The van der Waals surface area contributed by atoms with Crippen molar-refractivity contribution in [2.24, 2.45) is 0 Å². The molecule has 0 aliphatic rings. The molecule has 3 nitrogen and oxygen atoms in total. The third-order valence-corrected chi connectivity index (χ3v) is 3.95. The molecular formula is C17H22BrN3. The molecular weight excluding hydrogens is 326 g/mol. The lowest BCUT2D eigenvalue weighted by Gasteiger charge is -2.23. The molecule has 0 saturated heterocycles. The van der Waals surface area contributed by atoms with Crippen LogP contribution >= 0.6 is 15.9 Å². The lowest BCUT2D eigenvalue weighted by atomic mass is 10.1. The number of likely N-dealkylation sites (N-methyl/N-ethyl adjacent to an activating group) is 1. The largest absolute Gasteiger partial charge is 0.374 e. The Kier molecular flexibility index (Phi) is 6.21. The van der Waals surface area contributed by atoms with Crippen molar-refractivity contribution in [1.82, 2.24) is 10.3 Å². The highest BCUT2D eigenvalue weighted by atomic mass is 79.9. The van der Waals surface area contributed by atoms with Crippen LogP contribution < -0.4 is 10.2 Å². The molecule has 0 aliphatic carbocycles. The van der Waals surface area contributed by atoms with Gasteiger partial charge in [-0.2, -0.15) is 0 Å². The Morgan fingerprint density at radius 1 is 1.24 bits per heavy atom. The van der Waals surface area contributed by atoms with Crippen LogP contribution in [0.2, 0.25) is 0 Å². The van der Waals surface area contributed by atoms with Crippen molar-refractivity contribution >= 4 is 21.6 Å². The van der Waals surface area contributed by atoms with E-state index in [1.165, 1.54) is 11.3 Å². The molecule has 0 saturated carbocycles. The Morgan fingerprint density at radius 2 is 2.10 bits per heavy atom. The van der Waals surface area contributed by atoms with Crippen molar-refractivity contribution in [2.45, 2.75) is 19.9 Å². The van der Waals surface area contributed by atoms with Gasteiger partial charge in [0.1, 0.15) is 0 Å². The molecule has 4 heteroatoms. The van der Waals surface area contributed by atoms with E-state index in [1.807, 2.05) is 18.3 Å². The Bertz CT molecular complexity index is 557. The van der Waals surface area contributed by atoms with Crippen LogP contribution in [0.25, 0.3) is 0 Å². The maximum Gasteiger partial charge on any atom is 0.0421 e. The number of nitrogens with zero attached hydrogens (tertiary/aromatic N) is 2. The molecule has 2 rings (SSSR count). The fraction of sp³-hybridized carbons (Fsp3) is 0.353. The van der Waals surface area contributed by atoms with Gasteiger partial charge in [0.25, 0.3) is 0 Å². The molecule has 0 unspecified atom stereocenters. The highest BCUT2D eigenvalue weighted by Gasteiger charge is 2.08. The molecule has 0 fully saturated rings. The first kappa shape index (κ1) is 16.0. The summed E-state index contributed by atoms with van der Waals surface area (Å²) in [6.45, 7) is 4.95. The van der Waals surface area contributed by atoms with E-state index in [1.54, 1.807) is 0 Å². The van der Waals surface area contributed by atoms with Crippen LogP contribution in [-0.4, -0.2) is 25.1 Å². The minimum absolute atomic E-state index is 0.896. The van der Waals surface area contributed by atoms with Gasteiger partial charge in [-0.1, -0.05) is 35.0 Å². The monoisotopic (exact) mass is 347 g/mol. The molecule has 0 atom stereocenters. The molecule has 1 aromatic carbocycles. The lowest BCUT2D eigenvalue weighted by molar-refractivity contribution is 0.722. The van der Waals surface area contributed by atoms with Crippen molar-refractivity contribution in [2.75, 3.05) is 25.0 Å². The normalized spacial score (nSPS) is 10.6. The molecule has 0 amide bonds. The van der Waals surface area contributed by atoms with E-state index in [2.05, 4.69) is 69.4 Å². The molecule has 2 aromatic rings. The predicted molar refractivity (Wildman–Crippen MR) is 92.7 cm³/mol. The minimum Gasteiger partial charge on any atom is -0.374 e. The summed E-state index contributed by atoms with van der Waals surface area (Å²) in [5.74, 6) is 0. The van der Waals surface area contributed by atoms with Gasteiger partial charge in [0.05, 0.1) is 0 Å². The summed E-state index contributed by atoms with van der Waals surface area (Å²) >= 11 is 3.57. The van der Waals surface area contributed by atoms with Gasteiger partial charge in [-0.25, -0.2) is 0 Å². The zero-order valence-corrected chi connectivity index (χ0v) is 14.2. The molecule has 1 N–H and O–H groups in total. The lowest BCUT2D eigenvalue weighted by Crippen LogP contribution is -2.23. The maximum absolute atomic E-state index is 4.39. The van der Waals surface area contributed by atoms with Gasteiger partial charge in [0, 0.05) is 48.6 Å². The molecule has 112 valence electrons. The van der Waals surface area contributed by atoms with E-state index in [0.717, 1.165) is 36.2 Å². The van der Waals surface area contributed by atoms with Crippen LogP contribution in [0.4, 0.5) is 5.69 Å². The number of hydrogen-bond acceptors (Lipinski definition) is 3. The molecule has 0 aliphatic heterocycles. The van der Waals surface area contributed by atoms with Crippen LogP contribution in [0.3, 0.4) is 0 Å². The standard InChI is InChI=1S/C17H22BrN3/c1-3-19-13-14-7-8-15(18)12-17(14)21(2)11-9-16-6-4-5-10-20-16/h4-8,10,12,19H,3,9,11,13H2,1-2H3. The van der Waals surface area contributed by atoms with E-state index in [4.69, 9.17) is 0 Å². The third kappa shape index (κ3) is 4.83. The van der Waals surface area contributed by atoms with Crippen LogP contribution in [0.5, 0.6) is 0 Å². The number of benzene rings is 1. The Morgan fingerprint density at radius 3 is 2.81 bits per heavy atom. The van der Waals surface area contributed by atoms with E-state index < -0.39 is 0 Å². The van der Waals surface area contributed by atoms with Gasteiger partial charge in [0.2, 0.25) is 0 Å². The quantitative estimate of drug-likeness (QED) is 0.828. The molecule has 0 spiro atoms. The van der Waals surface area contributed by atoms with Gasteiger partial charge in [-0.3, -0.25) is 4.98 Å². The Labute approximate surface area is 135 Å². The second-order valence-electron chi connectivity index (χ2n) is 5.05. The van der Waals surface area contributed by atoms with Gasteiger partial charge in [-0.05, 0) is 36.4 Å². The molecule has 0 radical (unpaired) electrons.